The standard InChI is InChI=1S/C22H17Cl2NO3S/c23-13-9-10-18(24)21(11-13)29(26,27)25-19-12-17-15-6-3-4-8-20(15)28-22(17)16-7-2-1-5-14(16)19/h1-2,5,7,9-12,25H,3-4,6,8H2. The lowest BCUT2D eigenvalue weighted by atomic mass is 9.94. The summed E-state index contributed by atoms with van der Waals surface area (Å²) in [6.07, 6.45) is 4.07. The second-order valence-electron chi connectivity index (χ2n) is 7.24. The Morgan fingerprint density at radius 2 is 1.66 bits per heavy atom. The van der Waals surface area contributed by atoms with Crippen LogP contribution in [0.25, 0.3) is 21.7 Å². The molecule has 4 nitrogen and oxygen atoms in total. The van der Waals surface area contributed by atoms with Crippen LogP contribution >= 0.6 is 23.2 Å². The van der Waals surface area contributed by atoms with Crippen molar-refractivity contribution in [3.05, 3.63) is 69.9 Å². The van der Waals surface area contributed by atoms with Gasteiger partial charge >= 0.3 is 0 Å². The number of nitrogens with one attached hydrogen (secondary N) is 1. The first-order valence-electron chi connectivity index (χ1n) is 9.38. The molecule has 0 saturated heterocycles. The van der Waals surface area contributed by atoms with E-state index in [0.717, 1.165) is 53.2 Å². The maximum atomic E-state index is 13.1. The molecular weight excluding hydrogens is 429 g/mol. The highest BCUT2D eigenvalue weighted by atomic mass is 35.5. The fourth-order valence-electron chi connectivity index (χ4n) is 4.05. The highest BCUT2D eigenvalue weighted by Gasteiger charge is 2.24. The number of anilines is 1. The molecule has 1 aliphatic carbocycles. The summed E-state index contributed by atoms with van der Waals surface area (Å²) in [6, 6.07) is 13.9. The smallest absolute Gasteiger partial charge is 0.263 e. The largest absolute Gasteiger partial charge is 0.460 e. The van der Waals surface area contributed by atoms with Crippen LogP contribution < -0.4 is 4.72 Å². The van der Waals surface area contributed by atoms with Crippen LogP contribution in [0.15, 0.2) is 57.8 Å². The lowest BCUT2D eigenvalue weighted by Crippen LogP contribution is -2.14. The highest BCUT2D eigenvalue weighted by Crippen LogP contribution is 2.40. The molecule has 0 radical (unpaired) electrons. The van der Waals surface area contributed by atoms with E-state index in [1.165, 1.54) is 17.7 Å². The number of aryl methyl sites for hydroxylation is 2. The lowest BCUT2D eigenvalue weighted by molar-refractivity contribution is 0.507. The van der Waals surface area contributed by atoms with E-state index < -0.39 is 10.0 Å². The van der Waals surface area contributed by atoms with Crippen molar-refractivity contribution in [3.63, 3.8) is 0 Å². The number of hydrogen-bond donors (Lipinski definition) is 1. The van der Waals surface area contributed by atoms with Gasteiger partial charge in [-0.15, -0.1) is 0 Å². The van der Waals surface area contributed by atoms with Crippen LogP contribution in [0, 0.1) is 0 Å². The summed E-state index contributed by atoms with van der Waals surface area (Å²) in [5.74, 6) is 1.01. The molecule has 0 unspecified atom stereocenters. The van der Waals surface area contributed by atoms with Gasteiger partial charge in [0.1, 0.15) is 16.2 Å². The number of benzene rings is 3. The molecule has 0 atom stereocenters. The first kappa shape index (κ1) is 18.8. The molecule has 1 heterocycles. The Hall–Kier alpha value is -2.21. The maximum Gasteiger partial charge on any atom is 0.263 e. The van der Waals surface area contributed by atoms with Gasteiger partial charge in [-0.25, -0.2) is 8.42 Å². The normalized spacial score (nSPS) is 14.3. The molecule has 1 aromatic heterocycles. The molecule has 7 heteroatoms. The molecule has 0 amide bonds. The van der Waals surface area contributed by atoms with Crippen molar-refractivity contribution in [1.82, 2.24) is 0 Å². The van der Waals surface area contributed by atoms with Gasteiger partial charge in [-0.05, 0) is 43.5 Å². The van der Waals surface area contributed by atoms with E-state index in [0.29, 0.717) is 10.7 Å². The maximum absolute atomic E-state index is 13.1. The third kappa shape index (κ3) is 3.18. The summed E-state index contributed by atoms with van der Waals surface area (Å²) >= 11 is 12.1. The van der Waals surface area contributed by atoms with Crippen LogP contribution in [-0.2, 0) is 22.9 Å². The highest BCUT2D eigenvalue weighted by molar-refractivity contribution is 7.92. The first-order valence-corrected chi connectivity index (χ1v) is 11.6. The second-order valence-corrected chi connectivity index (χ2v) is 9.73. The molecule has 0 saturated carbocycles. The Balaban J connectivity index is 1.73. The summed E-state index contributed by atoms with van der Waals surface area (Å²) in [4.78, 5) is -0.0509. The van der Waals surface area contributed by atoms with Gasteiger partial charge in [-0.3, -0.25) is 4.72 Å². The molecule has 1 aliphatic rings. The monoisotopic (exact) mass is 445 g/mol. The summed E-state index contributed by atoms with van der Waals surface area (Å²) in [6.45, 7) is 0. The Morgan fingerprint density at radius 1 is 0.897 bits per heavy atom. The SMILES string of the molecule is O=S(=O)(Nc1cc2c3c(oc2c2ccccc12)CCCC3)c1cc(Cl)ccc1Cl. The summed E-state index contributed by atoms with van der Waals surface area (Å²) in [5.41, 5.74) is 2.49. The van der Waals surface area contributed by atoms with Gasteiger partial charge in [0.15, 0.2) is 0 Å². The minimum Gasteiger partial charge on any atom is -0.460 e. The fraction of sp³-hybridized carbons (Fsp3) is 0.182. The van der Waals surface area contributed by atoms with Crippen LogP contribution in [0.3, 0.4) is 0 Å². The Morgan fingerprint density at radius 3 is 2.48 bits per heavy atom. The van der Waals surface area contributed by atoms with Crippen LogP contribution in [0.5, 0.6) is 0 Å². The number of rotatable bonds is 3. The number of halogens is 2. The molecule has 1 N–H and O–H groups in total. The van der Waals surface area contributed by atoms with Crippen molar-refractivity contribution >= 4 is 60.7 Å². The van der Waals surface area contributed by atoms with Gasteiger partial charge in [-0.2, -0.15) is 0 Å². The van der Waals surface area contributed by atoms with Crippen molar-refractivity contribution in [2.45, 2.75) is 30.6 Å². The van der Waals surface area contributed by atoms with Gasteiger partial charge < -0.3 is 4.42 Å². The van der Waals surface area contributed by atoms with Gasteiger partial charge in [0.05, 0.1) is 10.7 Å². The molecule has 29 heavy (non-hydrogen) atoms. The van der Waals surface area contributed by atoms with Crippen LogP contribution in [0.4, 0.5) is 5.69 Å². The zero-order valence-corrected chi connectivity index (χ0v) is 17.7. The number of hydrogen-bond acceptors (Lipinski definition) is 3. The minimum atomic E-state index is -3.93. The predicted octanol–water partition coefficient (Wildman–Crippen LogP) is 6.57. The van der Waals surface area contributed by atoms with E-state index in [2.05, 4.69) is 4.72 Å². The van der Waals surface area contributed by atoms with Crippen LogP contribution in [0.2, 0.25) is 10.0 Å². The molecule has 148 valence electrons. The summed E-state index contributed by atoms with van der Waals surface area (Å²) in [5, 5.41) is 3.04. The number of furan rings is 1. The van der Waals surface area contributed by atoms with Crippen molar-refractivity contribution in [3.8, 4) is 0 Å². The van der Waals surface area contributed by atoms with E-state index in [4.69, 9.17) is 27.6 Å². The zero-order chi connectivity index (χ0) is 20.2. The van der Waals surface area contributed by atoms with Crippen molar-refractivity contribution in [2.75, 3.05) is 4.72 Å². The summed E-state index contributed by atoms with van der Waals surface area (Å²) < 4.78 is 35.1. The van der Waals surface area contributed by atoms with Gasteiger partial charge in [-0.1, -0.05) is 47.5 Å². The predicted molar refractivity (Wildman–Crippen MR) is 118 cm³/mol. The third-order valence-electron chi connectivity index (χ3n) is 5.39. The molecule has 3 aromatic carbocycles. The minimum absolute atomic E-state index is 0.0509. The fourth-order valence-corrected chi connectivity index (χ4v) is 5.88. The average Bonchev–Trinajstić information content (AvgIpc) is 3.08. The molecule has 5 rings (SSSR count). The molecule has 0 fully saturated rings. The van der Waals surface area contributed by atoms with E-state index >= 15 is 0 Å². The Labute approximate surface area is 178 Å². The van der Waals surface area contributed by atoms with E-state index in [1.807, 2.05) is 30.3 Å². The van der Waals surface area contributed by atoms with Crippen LogP contribution in [0.1, 0.15) is 24.2 Å². The van der Waals surface area contributed by atoms with Crippen LogP contribution in [-0.4, -0.2) is 8.42 Å². The molecule has 0 bridgehead atoms. The van der Waals surface area contributed by atoms with Gasteiger partial charge in [0.25, 0.3) is 10.0 Å². The topological polar surface area (TPSA) is 59.3 Å². The van der Waals surface area contributed by atoms with Crippen molar-refractivity contribution in [2.24, 2.45) is 0 Å². The lowest BCUT2D eigenvalue weighted by Gasteiger charge is -2.13. The second kappa shape index (κ2) is 6.94. The third-order valence-corrected chi connectivity index (χ3v) is 7.47. The number of fused-ring (bicyclic) bond motifs is 5. The van der Waals surface area contributed by atoms with Gasteiger partial charge in [0.2, 0.25) is 0 Å². The van der Waals surface area contributed by atoms with Crippen molar-refractivity contribution < 1.29 is 12.8 Å². The summed E-state index contributed by atoms with van der Waals surface area (Å²) in [7, 11) is -3.93. The molecule has 0 aliphatic heterocycles. The zero-order valence-electron chi connectivity index (χ0n) is 15.3. The van der Waals surface area contributed by atoms with E-state index in [1.54, 1.807) is 6.07 Å². The van der Waals surface area contributed by atoms with Gasteiger partial charge in [0, 0.05) is 33.2 Å². The molecule has 4 aromatic rings. The van der Waals surface area contributed by atoms with Crippen molar-refractivity contribution in [1.29, 1.82) is 0 Å². The number of sulfonamides is 1. The first-order chi connectivity index (χ1) is 13.9. The van der Waals surface area contributed by atoms with E-state index in [9.17, 15) is 8.42 Å². The Bertz CT molecular complexity index is 1380. The average molecular weight is 446 g/mol. The molecule has 0 spiro atoms. The Kier molecular flexibility index (Phi) is 4.50. The molecular formula is C22H17Cl2NO3S. The van der Waals surface area contributed by atoms with E-state index in [-0.39, 0.29) is 9.92 Å². The quantitative estimate of drug-likeness (QED) is 0.387.